The quantitative estimate of drug-likeness (QED) is 0.618. The van der Waals surface area contributed by atoms with Crippen molar-refractivity contribution in [2.75, 3.05) is 0 Å². The summed E-state index contributed by atoms with van der Waals surface area (Å²) >= 11 is 0. The number of hydrogen-bond acceptors (Lipinski definition) is 1. The normalized spacial score (nSPS) is 15.8. The first-order valence-electron chi connectivity index (χ1n) is 4.49. The number of aromatic nitrogens is 1. The summed E-state index contributed by atoms with van der Waals surface area (Å²) in [6, 6.07) is 0. The summed E-state index contributed by atoms with van der Waals surface area (Å²) in [5.74, 6) is 0. The van der Waals surface area contributed by atoms with Crippen LogP contribution in [0.5, 0.6) is 0 Å². The van der Waals surface area contributed by atoms with Gasteiger partial charge in [0.05, 0.1) is 0 Å². The second kappa shape index (κ2) is 2.77. The first-order valence-corrected chi connectivity index (χ1v) is 4.49. The average Bonchev–Trinajstić information content (AvgIpc) is 2.12. The van der Waals surface area contributed by atoms with Crippen LogP contribution in [-0.4, -0.2) is 4.98 Å². The molecule has 0 amide bonds. The summed E-state index contributed by atoms with van der Waals surface area (Å²) in [7, 11) is 0. The zero-order chi connectivity index (χ0) is 8.55. The number of aromatic amines is 1. The van der Waals surface area contributed by atoms with Crippen LogP contribution in [0.2, 0.25) is 0 Å². The molecule has 0 unspecified atom stereocenters. The lowest BCUT2D eigenvalue weighted by molar-refractivity contribution is 0.662. The Balaban J connectivity index is 2.62. The van der Waals surface area contributed by atoms with Crippen molar-refractivity contribution in [1.29, 1.82) is 0 Å². The largest absolute Gasteiger partial charge is 0.364 e. The third-order valence-electron chi connectivity index (χ3n) is 2.56. The standard InChI is InChI=1S/C10H13NO/c1-7-6-11-9-5-3-2-4-8(9)10(7)12/h6H,2-5H2,1H3,(H,11,12). The topological polar surface area (TPSA) is 32.9 Å². The molecular formula is C10H13NO. The van der Waals surface area contributed by atoms with E-state index >= 15 is 0 Å². The monoisotopic (exact) mass is 163 g/mol. The Morgan fingerprint density at radius 1 is 1.33 bits per heavy atom. The van der Waals surface area contributed by atoms with Gasteiger partial charge < -0.3 is 4.98 Å². The van der Waals surface area contributed by atoms with Gasteiger partial charge in [0.2, 0.25) is 0 Å². The van der Waals surface area contributed by atoms with Crippen molar-refractivity contribution in [3.05, 3.63) is 33.2 Å². The maximum absolute atomic E-state index is 11.6. The lowest BCUT2D eigenvalue weighted by Gasteiger charge is -2.14. The summed E-state index contributed by atoms with van der Waals surface area (Å²) in [5.41, 5.74) is 3.29. The van der Waals surface area contributed by atoms with Crippen molar-refractivity contribution in [1.82, 2.24) is 4.98 Å². The number of hydrogen-bond donors (Lipinski definition) is 1. The molecule has 1 aromatic rings. The van der Waals surface area contributed by atoms with Crippen LogP contribution >= 0.6 is 0 Å². The average molecular weight is 163 g/mol. The summed E-state index contributed by atoms with van der Waals surface area (Å²) in [5, 5.41) is 0. The fourth-order valence-corrected chi connectivity index (χ4v) is 1.81. The van der Waals surface area contributed by atoms with Gasteiger partial charge in [0, 0.05) is 23.0 Å². The lowest BCUT2D eigenvalue weighted by Crippen LogP contribution is -2.19. The van der Waals surface area contributed by atoms with Gasteiger partial charge in [0.25, 0.3) is 0 Å². The highest BCUT2D eigenvalue weighted by Gasteiger charge is 2.12. The van der Waals surface area contributed by atoms with Gasteiger partial charge in [0.15, 0.2) is 5.43 Å². The highest BCUT2D eigenvalue weighted by molar-refractivity contribution is 5.26. The molecule has 0 aromatic carbocycles. The van der Waals surface area contributed by atoms with E-state index in [9.17, 15) is 4.79 Å². The molecule has 0 atom stereocenters. The van der Waals surface area contributed by atoms with Crippen molar-refractivity contribution in [2.24, 2.45) is 0 Å². The van der Waals surface area contributed by atoms with E-state index in [-0.39, 0.29) is 5.43 Å². The van der Waals surface area contributed by atoms with E-state index in [4.69, 9.17) is 0 Å². The van der Waals surface area contributed by atoms with Gasteiger partial charge in [-0.1, -0.05) is 0 Å². The smallest absolute Gasteiger partial charge is 0.187 e. The van der Waals surface area contributed by atoms with Crippen LogP contribution in [0.1, 0.15) is 29.7 Å². The van der Waals surface area contributed by atoms with E-state index in [1.54, 1.807) is 0 Å². The SMILES string of the molecule is Cc1c[nH]c2c(c1=O)CCCC2. The van der Waals surface area contributed by atoms with Crippen molar-refractivity contribution >= 4 is 0 Å². The minimum absolute atomic E-state index is 0.253. The maximum Gasteiger partial charge on any atom is 0.187 e. The number of nitrogens with one attached hydrogen (secondary N) is 1. The summed E-state index contributed by atoms with van der Waals surface area (Å²) < 4.78 is 0. The number of pyridine rings is 1. The molecule has 2 rings (SSSR count). The molecule has 0 aliphatic heterocycles. The van der Waals surface area contributed by atoms with Crippen LogP contribution in [0, 0.1) is 6.92 Å². The van der Waals surface area contributed by atoms with Crippen LogP contribution in [0.4, 0.5) is 0 Å². The van der Waals surface area contributed by atoms with Crippen LogP contribution in [-0.2, 0) is 12.8 Å². The van der Waals surface area contributed by atoms with Gasteiger partial charge in [-0.3, -0.25) is 4.79 Å². The van der Waals surface area contributed by atoms with Gasteiger partial charge in [-0.25, -0.2) is 0 Å². The molecule has 2 heteroatoms. The Morgan fingerprint density at radius 2 is 2.08 bits per heavy atom. The second-order valence-electron chi connectivity index (χ2n) is 3.47. The lowest BCUT2D eigenvalue weighted by atomic mass is 9.95. The number of H-pyrrole nitrogens is 1. The Labute approximate surface area is 71.6 Å². The molecule has 2 nitrogen and oxygen atoms in total. The van der Waals surface area contributed by atoms with Crippen LogP contribution in [0.3, 0.4) is 0 Å². The molecule has 0 saturated heterocycles. The van der Waals surface area contributed by atoms with Crippen molar-refractivity contribution < 1.29 is 0 Å². The van der Waals surface area contributed by atoms with Crippen molar-refractivity contribution in [3.63, 3.8) is 0 Å². The molecule has 0 radical (unpaired) electrons. The molecule has 0 fully saturated rings. The highest BCUT2D eigenvalue weighted by atomic mass is 16.1. The maximum atomic E-state index is 11.6. The minimum Gasteiger partial charge on any atom is -0.364 e. The molecule has 64 valence electrons. The molecule has 1 aromatic heterocycles. The molecule has 1 heterocycles. The van der Waals surface area contributed by atoms with Crippen LogP contribution in [0.25, 0.3) is 0 Å². The van der Waals surface area contributed by atoms with E-state index in [1.807, 2.05) is 13.1 Å². The number of fused-ring (bicyclic) bond motifs is 1. The second-order valence-corrected chi connectivity index (χ2v) is 3.47. The van der Waals surface area contributed by atoms with Crippen molar-refractivity contribution in [3.8, 4) is 0 Å². The predicted octanol–water partition coefficient (Wildman–Crippen LogP) is 1.56. The number of aryl methyl sites for hydroxylation is 2. The van der Waals surface area contributed by atoms with Crippen LogP contribution in [0.15, 0.2) is 11.0 Å². The summed E-state index contributed by atoms with van der Waals surface area (Å²) in [6.45, 7) is 1.87. The van der Waals surface area contributed by atoms with E-state index < -0.39 is 0 Å². The summed E-state index contributed by atoms with van der Waals surface area (Å²) in [4.78, 5) is 14.8. The minimum atomic E-state index is 0.253. The number of rotatable bonds is 0. The molecule has 1 aliphatic carbocycles. The highest BCUT2D eigenvalue weighted by Crippen LogP contribution is 2.15. The van der Waals surface area contributed by atoms with E-state index in [1.165, 1.54) is 12.8 Å². The zero-order valence-corrected chi connectivity index (χ0v) is 7.31. The Bertz CT molecular complexity index is 351. The van der Waals surface area contributed by atoms with Gasteiger partial charge in [-0.05, 0) is 32.6 Å². The first-order chi connectivity index (χ1) is 5.79. The Hall–Kier alpha value is -1.05. The zero-order valence-electron chi connectivity index (χ0n) is 7.31. The molecule has 0 spiro atoms. The van der Waals surface area contributed by atoms with Crippen molar-refractivity contribution in [2.45, 2.75) is 32.6 Å². The fraction of sp³-hybridized carbons (Fsp3) is 0.500. The van der Waals surface area contributed by atoms with E-state index in [2.05, 4.69) is 4.98 Å². The fourth-order valence-electron chi connectivity index (χ4n) is 1.81. The van der Waals surface area contributed by atoms with Gasteiger partial charge in [0.1, 0.15) is 0 Å². The first kappa shape index (κ1) is 7.59. The van der Waals surface area contributed by atoms with Gasteiger partial charge >= 0.3 is 0 Å². The molecule has 0 saturated carbocycles. The third kappa shape index (κ3) is 1.07. The van der Waals surface area contributed by atoms with Crippen LogP contribution < -0.4 is 5.43 Å². The van der Waals surface area contributed by atoms with E-state index in [0.29, 0.717) is 0 Å². The molecular weight excluding hydrogens is 150 g/mol. The predicted molar refractivity (Wildman–Crippen MR) is 48.4 cm³/mol. The Kier molecular flexibility index (Phi) is 1.75. The van der Waals surface area contributed by atoms with Gasteiger partial charge in [-0.2, -0.15) is 0 Å². The van der Waals surface area contributed by atoms with Gasteiger partial charge in [-0.15, -0.1) is 0 Å². The third-order valence-corrected chi connectivity index (χ3v) is 2.56. The molecule has 0 bridgehead atoms. The summed E-state index contributed by atoms with van der Waals surface area (Å²) in [6.07, 6.45) is 6.22. The molecule has 1 N–H and O–H groups in total. The Morgan fingerprint density at radius 3 is 2.92 bits per heavy atom. The van der Waals surface area contributed by atoms with E-state index in [0.717, 1.165) is 29.7 Å². The molecule has 1 aliphatic rings. The molecule has 12 heavy (non-hydrogen) atoms.